The van der Waals surface area contributed by atoms with Crippen molar-refractivity contribution in [3.8, 4) is 6.07 Å². The first-order valence-corrected chi connectivity index (χ1v) is 15.0. The lowest BCUT2D eigenvalue weighted by molar-refractivity contribution is -0.133. The highest BCUT2D eigenvalue weighted by Crippen LogP contribution is 2.44. The van der Waals surface area contributed by atoms with Crippen LogP contribution in [0.1, 0.15) is 72.7 Å². The van der Waals surface area contributed by atoms with E-state index in [4.69, 9.17) is 11.6 Å². The molecule has 44 heavy (non-hydrogen) atoms. The van der Waals surface area contributed by atoms with Crippen LogP contribution in [0.25, 0.3) is 0 Å². The number of nitriles is 1. The molecule has 0 spiro atoms. The number of alkyl halides is 2. The van der Waals surface area contributed by atoms with E-state index in [-0.39, 0.29) is 35.2 Å². The molecule has 2 atom stereocenters. The van der Waals surface area contributed by atoms with Crippen LogP contribution >= 0.6 is 11.6 Å². The number of carbonyl (C=O) groups excluding carboxylic acids is 3. The van der Waals surface area contributed by atoms with Gasteiger partial charge in [0.1, 0.15) is 17.9 Å². The fourth-order valence-corrected chi connectivity index (χ4v) is 6.35. The summed E-state index contributed by atoms with van der Waals surface area (Å²) < 4.78 is 27.5. The number of halogens is 3. The molecule has 1 saturated heterocycles. The Labute approximate surface area is 258 Å². The number of hydrogen-bond donors (Lipinski definition) is 1. The molecule has 226 valence electrons. The number of amides is 3. The van der Waals surface area contributed by atoms with Gasteiger partial charge < -0.3 is 5.32 Å². The van der Waals surface area contributed by atoms with Crippen LogP contribution in [0.15, 0.2) is 60.8 Å². The van der Waals surface area contributed by atoms with E-state index < -0.39 is 48.7 Å². The Bertz CT molecular complexity index is 1680. The van der Waals surface area contributed by atoms with Crippen molar-refractivity contribution >= 4 is 40.8 Å². The van der Waals surface area contributed by atoms with Crippen LogP contribution in [-0.2, 0) is 14.4 Å². The highest BCUT2D eigenvalue weighted by atomic mass is 35.5. The average molecular weight is 618 g/mol. The Kier molecular flexibility index (Phi) is 7.84. The van der Waals surface area contributed by atoms with Gasteiger partial charge in [-0.25, -0.2) is 13.8 Å². The van der Waals surface area contributed by atoms with Crippen LogP contribution in [0.2, 0.25) is 5.02 Å². The molecule has 2 aliphatic carbocycles. The summed E-state index contributed by atoms with van der Waals surface area (Å²) in [6.45, 7) is 1.90. The minimum absolute atomic E-state index is 0.0595. The molecule has 8 nitrogen and oxygen atoms in total. The predicted octanol–water partition coefficient (Wildman–Crippen LogP) is 5.98. The first kappa shape index (κ1) is 29.7. The Morgan fingerprint density at radius 3 is 2.57 bits per heavy atom. The molecule has 3 fully saturated rings. The highest BCUT2D eigenvalue weighted by Gasteiger charge is 2.48. The molecule has 0 radical (unpaired) electrons. The number of rotatable bonds is 8. The number of pyridine rings is 1. The van der Waals surface area contributed by atoms with Crippen molar-refractivity contribution in [2.24, 2.45) is 0 Å². The van der Waals surface area contributed by atoms with Gasteiger partial charge in [-0.1, -0.05) is 35.9 Å². The fourth-order valence-electron chi connectivity index (χ4n) is 6.11. The molecule has 1 N–H and O–H groups in total. The number of benzene rings is 2. The van der Waals surface area contributed by atoms with Crippen molar-refractivity contribution in [3.63, 3.8) is 0 Å². The van der Waals surface area contributed by atoms with E-state index in [0.29, 0.717) is 17.2 Å². The van der Waals surface area contributed by atoms with Crippen molar-refractivity contribution in [1.82, 2.24) is 10.3 Å². The Balaban J connectivity index is 1.47. The van der Waals surface area contributed by atoms with Gasteiger partial charge in [-0.2, -0.15) is 5.26 Å². The van der Waals surface area contributed by atoms with Crippen LogP contribution < -0.4 is 15.1 Å². The van der Waals surface area contributed by atoms with E-state index in [0.717, 1.165) is 24.0 Å². The minimum Gasteiger partial charge on any atom is -0.351 e. The lowest BCUT2D eigenvalue weighted by atomic mass is 9.87. The van der Waals surface area contributed by atoms with Crippen LogP contribution in [0.3, 0.4) is 0 Å². The van der Waals surface area contributed by atoms with E-state index in [1.165, 1.54) is 28.1 Å². The molecule has 11 heteroatoms. The lowest BCUT2D eigenvalue weighted by Crippen LogP contribution is -2.56. The van der Waals surface area contributed by atoms with Gasteiger partial charge in [0.05, 0.1) is 11.6 Å². The first-order chi connectivity index (χ1) is 21.0. The van der Waals surface area contributed by atoms with Gasteiger partial charge in [0.25, 0.3) is 11.8 Å². The second-order valence-corrected chi connectivity index (χ2v) is 12.2. The van der Waals surface area contributed by atoms with Gasteiger partial charge in [-0.15, -0.1) is 0 Å². The molecule has 2 aromatic carbocycles. The van der Waals surface area contributed by atoms with Gasteiger partial charge in [-0.3, -0.25) is 24.2 Å². The monoisotopic (exact) mass is 617 g/mol. The first-order valence-electron chi connectivity index (χ1n) is 14.6. The number of carbonyl (C=O) groups is 3. The number of aromatic nitrogens is 1. The third-order valence-corrected chi connectivity index (χ3v) is 8.75. The van der Waals surface area contributed by atoms with Gasteiger partial charge in [-0.05, 0) is 73.6 Å². The Morgan fingerprint density at radius 1 is 1.14 bits per heavy atom. The highest BCUT2D eigenvalue weighted by molar-refractivity contribution is 6.31. The molecule has 3 aliphatic rings. The molecular weight excluding hydrogens is 588 g/mol. The zero-order chi connectivity index (χ0) is 31.2. The predicted molar refractivity (Wildman–Crippen MR) is 160 cm³/mol. The van der Waals surface area contributed by atoms with Gasteiger partial charge in [0.2, 0.25) is 11.8 Å². The van der Waals surface area contributed by atoms with Crippen LogP contribution in [0.4, 0.5) is 20.3 Å². The largest absolute Gasteiger partial charge is 0.351 e. The smallest absolute Gasteiger partial charge is 0.252 e. The Hall–Kier alpha value is -4.36. The molecule has 0 unspecified atom stereocenters. The van der Waals surface area contributed by atoms with Crippen molar-refractivity contribution < 1.29 is 23.2 Å². The van der Waals surface area contributed by atoms with E-state index in [1.54, 1.807) is 30.3 Å². The van der Waals surface area contributed by atoms with E-state index in [9.17, 15) is 28.4 Å². The summed E-state index contributed by atoms with van der Waals surface area (Å²) in [5.74, 6) is -3.92. The van der Waals surface area contributed by atoms with E-state index in [2.05, 4.69) is 10.3 Å². The normalized spacial score (nSPS) is 20.0. The average Bonchev–Trinajstić information content (AvgIpc) is 3.76. The molecule has 6 rings (SSSR count). The maximum Gasteiger partial charge on any atom is 0.252 e. The third kappa shape index (κ3) is 5.89. The van der Waals surface area contributed by atoms with E-state index in [1.807, 2.05) is 25.1 Å². The van der Waals surface area contributed by atoms with Crippen molar-refractivity contribution in [3.05, 3.63) is 88.1 Å². The number of nitrogens with zero attached hydrogens (tertiary/aromatic N) is 4. The van der Waals surface area contributed by atoms with Crippen molar-refractivity contribution in [2.45, 2.75) is 75.4 Å². The molecule has 0 bridgehead atoms. The molecule has 2 saturated carbocycles. The van der Waals surface area contributed by atoms with Gasteiger partial charge in [0, 0.05) is 47.8 Å². The van der Waals surface area contributed by atoms with Crippen LogP contribution in [0, 0.1) is 18.3 Å². The van der Waals surface area contributed by atoms with Crippen molar-refractivity contribution in [1.29, 1.82) is 5.26 Å². The quantitative estimate of drug-likeness (QED) is 0.335. The van der Waals surface area contributed by atoms with Gasteiger partial charge >= 0.3 is 0 Å². The number of nitrogens with one attached hydrogen (secondary N) is 1. The second-order valence-electron chi connectivity index (χ2n) is 11.8. The minimum atomic E-state index is -2.86. The second kappa shape index (κ2) is 11.6. The molecule has 3 amide bonds. The summed E-state index contributed by atoms with van der Waals surface area (Å²) in [6.07, 6.45) is 2.63. The lowest BCUT2D eigenvalue weighted by Gasteiger charge is -2.39. The summed E-state index contributed by atoms with van der Waals surface area (Å²) in [4.78, 5) is 49.1. The third-order valence-electron chi connectivity index (χ3n) is 8.41. The maximum absolute atomic E-state index is 14.8. The molecule has 3 aromatic rings. The van der Waals surface area contributed by atoms with E-state index >= 15 is 0 Å². The number of anilines is 2. The molecule has 2 heterocycles. The SMILES string of the molecule is Cc1cc(C2CC2)cc(N(C(=O)[C@@H]2CCC(=O)N2c2cc(C#N)ccn2)[C@H](C(=O)NC2CC(F)(F)C2)c2ccccc2Cl)c1. The summed E-state index contributed by atoms with van der Waals surface area (Å²) >= 11 is 6.65. The Morgan fingerprint density at radius 2 is 1.89 bits per heavy atom. The molecule has 1 aromatic heterocycles. The standard InChI is InChI=1S/C33H30ClF2N5O3/c1-19-12-22(21-6-7-21)15-24(13-19)40(32(44)27-8-9-29(42)41(27)28-14-20(18-37)10-11-38-28)30(25-4-2-3-5-26(25)34)31(43)39-23-16-33(35,36)17-23/h2-5,10-15,21,23,27,30H,6-9,16-17H2,1H3,(H,39,43)/t27-,30-/m0/s1. The van der Waals surface area contributed by atoms with Gasteiger partial charge in [0.15, 0.2) is 0 Å². The zero-order valence-electron chi connectivity index (χ0n) is 24.0. The topological polar surface area (TPSA) is 106 Å². The van der Waals surface area contributed by atoms with Crippen LogP contribution in [-0.4, -0.2) is 40.7 Å². The molecular formula is C33H30ClF2N5O3. The number of aryl methyl sites for hydroxylation is 1. The summed E-state index contributed by atoms with van der Waals surface area (Å²) in [7, 11) is 0. The summed E-state index contributed by atoms with van der Waals surface area (Å²) in [5.41, 5.74) is 2.94. The number of hydrogen-bond acceptors (Lipinski definition) is 5. The van der Waals surface area contributed by atoms with Crippen molar-refractivity contribution in [2.75, 3.05) is 9.80 Å². The summed E-state index contributed by atoms with van der Waals surface area (Å²) in [6, 6.07) is 14.2. The molecule has 1 aliphatic heterocycles. The zero-order valence-corrected chi connectivity index (χ0v) is 24.7. The fraction of sp³-hybridized carbons (Fsp3) is 0.364. The maximum atomic E-state index is 14.8. The van der Waals surface area contributed by atoms with Crippen LogP contribution in [0.5, 0.6) is 0 Å². The summed E-state index contributed by atoms with van der Waals surface area (Å²) in [5, 5.41) is 12.4.